The van der Waals surface area contributed by atoms with E-state index in [4.69, 9.17) is 10.5 Å². The van der Waals surface area contributed by atoms with Crippen LogP contribution in [0.2, 0.25) is 0 Å². The highest BCUT2D eigenvalue weighted by Gasteiger charge is 2.20. The van der Waals surface area contributed by atoms with E-state index in [0.29, 0.717) is 6.54 Å². The first-order valence-corrected chi connectivity index (χ1v) is 7.03. The number of para-hydroxylation sites is 1. The Hall–Kier alpha value is -1.84. The lowest BCUT2D eigenvalue weighted by atomic mass is 9.96. The van der Waals surface area contributed by atoms with Crippen LogP contribution in [-0.2, 0) is 11.2 Å². The summed E-state index contributed by atoms with van der Waals surface area (Å²) in [6.07, 6.45) is 1.01. The van der Waals surface area contributed by atoms with Crippen LogP contribution in [0.25, 0.3) is 0 Å². The van der Waals surface area contributed by atoms with Gasteiger partial charge >= 0.3 is 0 Å². The molecule has 3 rings (SSSR count). The van der Waals surface area contributed by atoms with Crippen molar-refractivity contribution in [3.05, 3.63) is 59.7 Å². The van der Waals surface area contributed by atoms with Crippen LogP contribution in [0.1, 0.15) is 17.2 Å². The van der Waals surface area contributed by atoms with Crippen LogP contribution in [0.5, 0.6) is 0 Å². The number of anilines is 2. The van der Waals surface area contributed by atoms with Crippen molar-refractivity contribution in [3.8, 4) is 0 Å². The second-order valence-corrected chi connectivity index (χ2v) is 5.12. The molecule has 1 atom stereocenters. The van der Waals surface area contributed by atoms with Gasteiger partial charge in [0.05, 0.1) is 12.7 Å². The lowest BCUT2D eigenvalue weighted by Crippen LogP contribution is -2.23. The molecular formula is C17H20N2O. The smallest absolute Gasteiger partial charge is 0.0949 e. The third kappa shape index (κ3) is 2.42. The van der Waals surface area contributed by atoms with Crippen molar-refractivity contribution in [2.24, 2.45) is 5.73 Å². The predicted molar refractivity (Wildman–Crippen MR) is 82.4 cm³/mol. The van der Waals surface area contributed by atoms with Crippen LogP contribution >= 0.6 is 0 Å². The molecule has 0 radical (unpaired) electrons. The molecule has 1 heterocycles. The Morgan fingerprint density at radius 3 is 2.70 bits per heavy atom. The molecule has 2 aromatic rings. The van der Waals surface area contributed by atoms with Crippen molar-refractivity contribution in [3.63, 3.8) is 0 Å². The molecule has 20 heavy (non-hydrogen) atoms. The summed E-state index contributed by atoms with van der Waals surface area (Å²) in [6, 6.07) is 16.9. The first-order chi connectivity index (χ1) is 9.79. The van der Waals surface area contributed by atoms with Gasteiger partial charge in [-0.05, 0) is 41.8 Å². The van der Waals surface area contributed by atoms with Gasteiger partial charge in [-0.1, -0.05) is 24.3 Å². The van der Waals surface area contributed by atoms with E-state index in [1.54, 1.807) is 0 Å². The minimum Gasteiger partial charge on any atom is -0.372 e. The molecule has 0 saturated heterocycles. The fourth-order valence-electron chi connectivity index (χ4n) is 2.73. The third-order valence-corrected chi connectivity index (χ3v) is 3.91. The normalized spacial score (nSPS) is 17.6. The van der Waals surface area contributed by atoms with Gasteiger partial charge in [0, 0.05) is 25.0 Å². The maximum absolute atomic E-state index is 5.77. The average Bonchev–Trinajstić information content (AvgIpc) is 2.53. The second kappa shape index (κ2) is 5.65. The molecule has 2 N–H and O–H groups in total. The molecule has 3 nitrogen and oxygen atoms in total. The van der Waals surface area contributed by atoms with Gasteiger partial charge in [-0.2, -0.15) is 0 Å². The van der Waals surface area contributed by atoms with E-state index in [2.05, 4.69) is 54.4 Å². The van der Waals surface area contributed by atoms with Gasteiger partial charge in [-0.15, -0.1) is 0 Å². The molecule has 104 valence electrons. The molecule has 0 amide bonds. The highest BCUT2D eigenvalue weighted by molar-refractivity contribution is 5.63. The minimum atomic E-state index is 0.0508. The SMILES string of the molecule is CN(c1ccccc1)c1ccc2c(c1)CCOC2CN. The van der Waals surface area contributed by atoms with Gasteiger partial charge in [0.1, 0.15) is 0 Å². The van der Waals surface area contributed by atoms with E-state index < -0.39 is 0 Å². The first kappa shape index (κ1) is 13.2. The largest absolute Gasteiger partial charge is 0.372 e. The molecular weight excluding hydrogens is 248 g/mol. The third-order valence-electron chi connectivity index (χ3n) is 3.91. The zero-order chi connectivity index (χ0) is 13.9. The number of hydrogen-bond donors (Lipinski definition) is 1. The molecule has 1 unspecified atom stereocenters. The number of benzene rings is 2. The lowest BCUT2D eigenvalue weighted by molar-refractivity contribution is 0.0485. The molecule has 0 saturated carbocycles. The van der Waals surface area contributed by atoms with Gasteiger partial charge in [0.2, 0.25) is 0 Å². The Balaban J connectivity index is 1.92. The molecule has 1 aliphatic heterocycles. The van der Waals surface area contributed by atoms with Crippen LogP contribution in [-0.4, -0.2) is 20.2 Å². The number of rotatable bonds is 3. The Bertz CT molecular complexity index is 583. The zero-order valence-electron chi connectivity index (χ0n) is 11.8. The van der Waals surface area contributed by atoms with Crippen molar-refractivity contribution >= 4 is 11.4 Å². The fraction of sp³-hybridized carbons (Fsp3) is 0.294. The number of fused-ring (bicyclic) bond motifs is 1. The van der Waals surface area contributed by atoms with Crippen LogP contribution in [0, 0.1) is 0 Å². The van der Waals surface area contributed by atoms with Gasteiger partial charge < -0.3 is 15.4 Å². The molecule has 0 bridgehead atoms. The summed E-state index contributed by atoms with van der Waals surface area (Å²) in [5.41, 5.74) is 10.8. The van der Waals surface area contributed by atoms with Crippen LogP contribution in [0.15, 0.2) is 48.5 Å². The van der Waals surface area contributed by atoms with Gasteiger partial charge in [0.15, 0.2) is 0 Å². The summed E-state index contributed by atoms with van der Waals surface area (Å²) >= 11 is 0. The maximum atomic E-state index is 5.77. The molecule has 0 aliphatic carbocycles. The Morgan fingerprint density at radius 2 is 1.95 bits per heavy atom. The summed E-state index contributed by atoms with van der Waals surface area (Å²) in [7, 11) is 2.09. The first-order valence-electron chi connectivity index (χ1n) is 7.03. The van der Waals surface area contributed by atoms with Crippen molar-refractivity contribution in [1.29, 1.82) is 0 Å². The van der Waals surface area contributed by atoms with Crippen LogP contribution in [0.4, 0.5) is 11.4 Å². The monoisotopic (exact) mass is 268 g/mol. The number of nitrogens with zero attached hydrogens (tertiary/aromatic N) is 1. The standard InChI is InChI=1S/C17H20N2O/c1-19(14-5-3-2-4-6-14)15-7-8-16-13(11-15)9-10-20-17(16)12-18/h2-8,11,17H,9-10,12,18H2,1H3. The molecule has 3 heteroatoms. The van der Waals surface area contributed by atoms with E-state index >= 15 is 0 Å². The van der Waals surface area contributed by atoms with E-state index in [1.807, 2.05) is 6.07 Å². The van der Waals surface area contributed by atoms with Crippen LogP contribution < -0.4 is 10.6 Å². The zero-order valence-corrected chi connectivity index (χ0v) is 11.8. The summed E-state index contributed by atoms with van der Waals surface area (Å²) in [4.78, 5) is 2.20. The number of nitrogens with two attached hydrogens (primary N) is 1. The molecule has 0 aromatic heterocycles. The topological polar surface area (TPSA) is 38.5 Å². The van der Waals surface area contributed by atoms with Crippen LogP contribution in [0.3, 0.4) is 0 Å². The summed E-state index contributed by atoms with van der Waals surface area (Å²) in [5, 5.41) is 0. The van der Waals surface area contributed by atoms with E-state index in [-0.39, 0.29) is 6.10 Å². The molecule has 0 fully saturated rings. The Kier molecular flexibility index (Phi) is 3.72. The second-order valence-electron chi connectivity index (χ2n) is 5.12. The molecule has 2 aromatic carbocycles. The van der Waals surface area contributed by atoms with Gasteiger partial charge in [-0.3, -0.25) is 0 Å². The molecule has 1 aliphatic rings. The van der Waals surface area contributed by atoms with E-state index in [9.17, 15) is 0 Å². The molecule has 0 spiro atoms. The van der Waals surface area contributed by atoms with Crippen molar-refractivity contribution in [2.45, 2.75) is 12.5 Å². The Morgan fingerprint density at radius 1 is 1.15 bits per heavy atom. The summed E-state index contributed by atoms with van der Waals surface area (Å²) in [5.74, 6) is 0. The lowest BCUT2D eigenvalue weighted by Gasteiger charge is -2.27. The van der Waals surface area contributed by atoms with Crippen molar-refractivity contribution in [1.82, 2.24) is 0 Å². The highest BCUT2D eigenvalue weighted by atomic mass is 16.5. The highest BCUT2D eigenvalue weighted by Crippen LogP contribution is 2.31. The maximum Gasteiger partial charge on any atom is 0.0949 e. The van der Waals surface area contributed by atoms with E-state index in [1.165, 1.54) is 22.5 Å². The summed E-state index contributed by atoms with van der Waals surface area (Å²) in [6.45, 7) is 1.30. The van der Waals surface area contributed by atoms with E-state index in [0.717, 1.165) is 13.0 Å². The summed E-state index contributed by atoms with van der Waals surface area (Å²) < 4.78 is 5.70. The van der Waals surface area contributed by atoms with Gasteiger partial charge in [-0.25, -0.2) is 0 Å². The minimum absolute atomic E-state index is 0.0508. The average molecular weight is 268 g/mol. The fourth-order valence-corrected chi connectivity index (χ4v) is 2.73. The number of hydrogen-bond acceptors (Lipinski definition) is 3. The Labute approximate surface area is 120 Å². The predicted octanol–water partition coefficient (Wildman–Crippen LogP) is 3.03. The van der Waals surface area contributed by atoms with Gasteiger partial charge in [0.25, 0.3) is 0 Å². The van der Waals surface area contributed by atoms with Crippen molar-refractivity contribution < 1.29 is 4.74 Å². The van der Waals surface area contributed by atoms with Crippen molar-refractivity contribution in [2.75, 3.05) is 25.1 Å². The quantitative estimate of drug-likeness (QED) is 0.930. The number of ether oxygens (including phenoxy) is 1.